The Balaban J connectivity index is 1.88. The Bertz CT molecular complexity index is 246. The second kappa shape index (κ2) is 4.12. The summed E-state index contributed by atoms with van der Waals surface area (Å²) in [5.41, 5.74) is 5.42. The van der Waals surface area contributed by atoms with Crippen molar-refractivity contribution in [3.63, 3.8) is 0 Å². The van der Waals surface area contributed by atoms with Crippen molar-refractivity contribution in [2.24, 2.45) is 17.6 Å². The molecule has 1 heterocycles. The van der Waals surface area contributed by atoms with E-state index in [0.717, 1.165) is 31.2 Å². The second-order valence-corrected chi connectivity index (χ2v) is 5.43. The van der Waals surface area contributed by atoms with Gasteiger partial charge in [-0.2, -0.15) is 0 Å². The van der Waals surface area contributed by atoms with Crippen LogP contribution in [-0.4, -0.2) is 29.4 Å². The molecule has 1 amide bonds. The van der Waals surface area contributed by atoms with Crippen LogP contribution >= 0.6 is 0 Å². The van der Waals surface area contributed by atoms with E-state index >= 15 is 0 Å². The van der Waals surface area contributed by atoms with Gasteiger partial charge in [-0.3, -0.25) is 9.69 Å². The quantitative estimate of drug-likeness (QED) is 0.764. The molecular formula is C12H22N2O. The van der Waals surface area contributed by atoms with Crippen molar-refractivity contribution < 1.29 is 4.79 Å². The van der Waals surface area contributed by atoms with Crippen LogP contribution in [0.3, 0.4) is 0 Å². The van der Waals surface area contributed by atoms with E-state index < -0.39 is 0 Å². The minimum atomic E-state index is -0.125. The van der Waals surface area contributed by atoms with Crippen molar-refractivity contribution in [1.29, 1.82) is 0 Å². The number of rotatable bonds is 3. The smallest absolute Gasteiger partial charge is 0.234 e. The maximum absolute atomic E-state index is 11.3. The van der Waals surface area contributed by atoms with Gasteiger partial charge in [0.1, 0.15) is 0 Å². The Morgan fingerprint density at radius 3 is 2.60 bits per heavy atom. The second-order valence-electron chi connectivity index (χ2n) is 5.43. The molecule has 1 aliphatic carbocycles. The molecule has 3 nitrogen and oxygen atoms in total. The van der Waals surface area contributed by atoms with Gasteiger partial charge in [-0.05, 0) is 44.1 Å². The van der Waals surface area contributed by atoms with Gasteiger partial charge in [-0.15, -0.1) is 0 Å². The van der Waals surface area contributed by atoms with Crippen molar-refractivity contribution >= 4 is 5.91 Å². The molecule has 0 aromatic rings. The van der Waals surface area contributed by atoms with Crippen molar-refractivity contribution in [3.05, 3.63) is 0 Å². The topological polar surface area (TPSA) is 46.3 Å². The highest BCUT2D eigenvalue weighted by molar-refractivity contribution is 5.80. The number of primary amides is 1. The normalized spacial score (nSPS) is 36.9. The van der Waals surface area contributed by atoms with Crippen molar-refractivity contribution in [2.75, 3.05) is 6.54 Å². The minimum Gasteiger partial charge on any atom is -0.368 e. The van der Waals surface area contributed by atoms with Gasteiger partial charge >= 0.3 is 0 Å². The molecule has 0 aromatic heterocycles. The number of hydrogen-bond acceptors (Lipinski definition) is 2. The molecule has 0 spiro atoms. The van der Waals surface area contributed by atoms with Crippen LogP contribution in [0.25, 0.3) is 0 Å². The number of nitrogens with two attached hydrogens (primary N) is 1. The fourth-order valence-electron chi connectivity index (χ4n) is 2.98. The third kappa shape index (κ3) is 2.03. The van der Waals surface area contributed by atoms with E-state index in [9.17, 15) is 4.79 Å². The van der Waals surface area contributed by atoms with Crippen LogP contribution in [0.2, 0.25) is 0 Å². The minimum absolute atomic E-state index is 0.0307. The van der Waals surface area contributed by atoms with Crippen LogP contribution in [-0.2, 0) is 4.79 Å². The summed E-state index contributed by atoms with van der Waals surface area (Å²) in [5, 5.41) is 0. The molecule has 3 heteroatoms. The maximum atomic E-state index is 11.3. The van der Waals surface area contributed by atoms with E-state index in [-0.39, 0.29) is 11.9 Å². The number of carbonyl (C=O) groups excluding carboxylic acids is 1. The predicted molar refractivity (Wildman–Crippen MR) is 60.3 cm³/mol. The van der Waals surface area contributed by atoms with Crippen LogP contribution < -0.4 is 5.73 Å². The van der Waals surface area contributed by atoms with Gasteiger partial charge in [0.05, 0.1) is 6.04 Å². The molecule has 2 aliphatic rings. The zero-order valence-electron chi connectivity index (χ0n) is 9.78. The number of carbonyl (C=O) groups is 1. The Hall–Kier alpha value is -0.570. The van der Waals surface area contributed by atoms with Crippen LogP contribution in [0.4, 0.5) is 0 Å². The summed E-state index contributed by atoms with van der Waals surface area (Å²) in [6.45, 7) is 5.65. The average molecular weight is 210 g/mol. The summed E-state index contributed by atoms with van der Waals surface area (Å²) >= 11 is 0. The largest absolute Gasteiger partial charge is 0.368 e. The van der Waals surface area contributed by atoms with E-state index in [1.165, 1.54) is 12.8 Å². The SMILES string of the molecule is CC(C)[C@H]1C[C@H](N2CCC[C@H]2C(N)=O)C1. The molecule has 2 fully saturated rings. The Labute approximate surface area is 92.0 Å². The monoisotopic (exact) mass is 210 g/mol. The molecule has 15 heavy (non-hydrogen) atoms. The van der Waals surface area contributed by atoms with Crippen molar-refractivity contribution in [2.45, 2.75) is 51.6 Å². The Morgan fingerprint density at radius 2 is 2.07 bits per heavy atom. The van der Waals surface area contributed by atoms with E-state index in [1.807, 2.05) is 0 Å². The van der Waals surface area contributed by atoms with Gasteiger partial charge in [0, 0.05) is 6.04 Å². The zero-order chi connectivity index (χ0) is 11.0. The average Bonchev–Trinajstić information content (AvgIpc) is 2.48. The van der Waals surface area contributed by atoms with Gasteiger partial charge in [-0.1, -0.05) is 13.8 Å². The number of hydrogen-bond donors (Lipinski definition) is 1. The summed E-state index contributed by atoms with van der Waals surface area (Å²) in [6.07, 6.45) is 4.64. The van der Waals surface area contributed by atoms with Gasteiger partial charge in [0.15, 0.2) is 0 Å². The summed E-state index contributed by atoms with van der Waals surface area (Å²) in [4.78, 5) is 13.6. The van der Waals surface area contributed by atoms with E-state index in [4.69, 9.17) is 5.73 Å². The van der Waals surface area contributed by atoms with Gasteiger partial charge < -0.3 is 5.73 Å². The van der Waals surface area contributed by atoms with Crippen molar-refractivity contribution in [3.8, 4) is 0 Å². The lowest BCUT2D eigenvalue weighted by molar-refractivity contribution is -0.124. The van der Waals surface area contributed by atoms with Crippen LogP contribution in [0.5, 0.6) is 0 Å². The lowest BCUT2D eigenvalue weighted by atomic mass is 9.73. The fourth-order valence-corrected chi connectivity index (χ4v) is 2.98. The predicted octanol–water partition coefficient (Wildman–Crippen LogP) is 1.37. The zero-order valence-corrected chi connectivity index (χ0v) is 9.78. The molecule has 86 valence electrons. The molecule has 0 unspecified atom stereocenters. The summed E-state index contributed by atoms with van der Waals surface area (Å²) in [6, 6.07) is 0.667. The number of amides is 1. The van der Waals surface area contributed by atoms with E-state index in [1.54, 1.807) is 0 Å². The highest BCUT2D eigenvalue weighted by Gasteiger charge is 2.41. The molecule has 0 bridgehead atoms. The first-order valence-corrected chi connectivity index (χ1v) is 6.14. The number of likely N-dealkylation sites (tertiary alicyclic amines) is 1. The van der Waals surface area contributed by atoms with Gasteiger partial charge in [0.25, 0.3) is 0 Å². The first-order valence-electron chi connectivity index (χ1n) is 6.14. The molecule has 1 atom stereocenters. The van der Waals surface area contributed by atoms with E-state index in [2.05, 4.69) is 18.7 Å². The molecule has 0 aromatic carbocycles. The molecular weight excluding hydrogens is 188 g/mol. The Morgan fingerprint density at radius 1 is 1.40 bits per heavy atom. The Kier molecular flexibility index (Phi) is 3.01. The maximum Gasteiger partial charge on any atom is 0.234 e. The van der Waals surface area contributed by atoms with E-state index in [0.29, 0.717) is 6.04 Å². The van der Waals surface area contributed by atoms with Crippen LogP contribution in [0.15, 0.2) is 0 Å². The molecule has 1 saturated carbocycles. The molecule has 2 N–H and O–H groups in total. The lowest BCUT2D eigenvalue weighted by Gasteiger charge is -2.45. The lowest BCUT2D eigenvalue weighted by Crippen LogP contribution is -2.51. The third-order valence-electron chi connectivity index (χ3n) is 4.18. The summed E-state index contributed by atoms with van der Waals surface area (Å²) in [7, 11) is 0. The van der Waals surface area contributed by atoms with Gasteiger partial charge in [-0.25, -0.2) is 0 Å². The first kappa shape index (κ1) is 10.9. The molecule has 1 saturated heterocycles. The first-order chi connectivity index (χ1) is 7.09. The van der Waals surface area contributed by atoms with Crippen molar-refractivity contribution in [1.82, 2.24) is 4.90 Å². The molecule has 0 radical (unpaired) electrons. The highest BCUT2D eigenvalue weighted by Crippen LogP contribution is 2.39. The fraction of sp³-hybridized carbons (Fsp3) is 0.917. The standard InChI is InChI=1S/C12H22N2O/c1-8(2)9-6-10(7-9)14-5-3-4-11(14)12(13)15/h8-11H,3-7H2,1-2H3,(H2,13,15)/t9-,10-,11-/m0/s1. The summed E-state index contributed by atoms with van der Waals surface area (Å²) < 4.78 is 0. The van der Waals surface area contributed by atoms with Gasteiger partial charge in [0.2, 0.25) is 5.91 Å². The summed E-state index contributed by atoms with van der Waals surface area (Å²) in [5.74, 6) is 1.53. The third-order valence-corrected chi connectivity index (χ3v) is 4.18. The number of nitrogens with zero attached hydrogens (tertiary/aromatic N) is 1. The highest BCUT2D eigenvalue weighted by atomic mass is 16.1. The van der Waals surface area contributed by atoms with Crippen LogP contribution in [0.1, 0.15) is 39.5 Å². The van der Waals surface area contributed by atoms with Crippen LogP contribution in [0, 0.1) is 11.8 Å². The molecule has 2 rings (SSSR count). The molecule has 1 aliphatic heterocycles.